The van der Waals surface area contributed by atoms with Crippen molar-refractivity contribution >= 4 is 37.4 Å². The Hall–Kier alpha value is -3.25. The number of hydrogen-bond acceptors (Lipinski definition) is 3. The average molecular weight is 661 g/mol. The van der Waals surface area contributed by atoms with Crippen LogP contribution >= 0.6 is 0 Å². The van der Waals surface area contributed by atoms with Crippen LogP contribution in [0.5, 0.6) is 0 Å². The van der Waals surface area contributed by atoms with E-state index in [0.29, 0.717) is 6.61 Å². The molecule has 0 saturated carbocycles. The molecular formula is C42H52O3Si2. The molecule has 0 spiro atoms. The summed E-state index contributed by atoms with van der Waals surface area (Å²) in [5, 5.41) is 5.11. The fourth-order valence-corrected chi connectivity index (χ4v) is 16.3. The van der Waals surface area contributed by atoms with Crippen LogP contribution in [-0.4, -0.2) is 41.6 Å². The van der Waals surface area contributed by atoms with Gasteiger partial charge in [0.25, 0.3) is 16.6 Å². The van der Waals surface area contributed by atoms with Crippen molar-refractivity contribution in [3.8, 4) is 11.8 Å². The number of benzene rings is 4. The summed E-state index contributed by atoms with van der Waals surface area (Å²) in [5.74, 6) is 6.82. The van der Waals surface area contributed by atoms with Crippen molar-refractivity contribution in [2.45, 2.75) is 89.5 Å². The average Bonchev–Trinajstić information content (AvgIpc) is 3.72. The first-order valence-corrected chi connectivity index (χ1v) is 20.9. The van der Waals surface area contributed by atoms with Gasteiger partial charge in [-0.3, -0.25) is 0 Å². The van der Waals surface area contributed by atoms with Crippen LogP contribution in [0.15, 0.2) is 121 Å². The van der Waals surface area contributed by atoms with Crippen molar-refractivity contribution in [1.29, 1.82) is 0 Å². The summed E-state index contributed by atoms with van der Waals surface area (Å²) in [6, 6.07) is 43.2. The van der Waals surface area contributed by atoms with Crippen molar-refractivity contribution < 1.29 is 13.6 Å². The summed E-state index contributed by atoms with van der Waals surface area (Å²) in [6.45, 7) is 17.1. The smallest absolute Gasteiger partial charge is 0.262 e. The second-order valence-corrected chi connectivity index (χ2v) is 23.6. The molecule has 47 heavy (non-hydrogen) atoms. The number of hydrogen-bond donors (Lipinski definition) is 0. The molecule has 1 heterocycles. The molecule has 5 rings (SSSR count). The predicted molar refractivity (Wildman–Crippen MR) is 202 cm³/mol. The van der Waals surface area contributed by atoms with Gasteiger partial charge in [0.2, 0.25) is 0 Å². The molecule has 0 unspecified atom stereocenters. The number of ether oxygens (including phenoxy) is 1. The summed E-state index contributed by atoms with van der Waals surface area (Å²) in [5.41, 5.74) is -0.409. The molecule has 1 saturated heterocycles. The van der Waals surface area contributed by atoms with E-state index in [1.54, 1.807) is 0 Å². The van der Waals surface area contributed by atoms with E-state index in [2.05, 4.69) is 182 Å². The maximum atomic E-state index is 7.09. The Morgan fingerprint density at radius 3 is 1.36 bits per heavy atom. The van der Waals surface area contributed by atoms with Gasteiger partial charge in [-0.2, -0.15) is 0 Å². The number of rotatable bonds is 12. The van der Waals surface area contributed by atoms with Crippen molar-refractivity contribution in [3.63, 3.8) is 0 Å². The first-order valence-electron chi connectivity index (χ1n) is 17.1. The lowest BCUT2D eigenvalue weighted by molar-refractivity contribution is 0.281. The van der Waals surface area contributed by atoms with Crippen LogP contribution < -0.4 is 20.7 Å². The fourth-order valence-electron chi connectivity index (χ4n) is 7.24. The Kier molecular flexibility index (Phi) is 10.8. The van der Waals surface area contributed by atoms with Crippen LogP contribution in [0.3, 0.4) is 0 Å². The quantitative estimate of drug-likeness (QED) is 0.0684. The monoisotopic (exact) mass is 660 g/mol. The number of epoxide rings is 1. The van der Waals surface area contributed by atoms with Gasteiger partial charge in [-0.15, -0.1) is 0 Å². The van der Waals surface area contributed by atoms with Gasteiger partial charge in [-0.05, 0) is 57.0 Å². The fraction of sp³-hybridized carbons (Fsp3) is 0.381. The van der Waals surface area contributed by atoms with E-state index in [1.165, 1.54) is 20.7 Å². The molecule has 0 aliphatic carbocycles. The minimum Gasteiger partial charge on any atom is -0.407 e. The SMILES string of the molecule is CC(C)(C)[Si](OCC#C[C@]1(C)O[C@H]1CCCCO[Si](c1ccccc1)(c1ccccc1)C(C)(C)C)(c1ccccc1)c1ccccc1. The van der Waals surface area contributed by atoms with E-state index < -0.39 is 22.2 Å². The van der Waals surface area contributed by atoms with E-state index in [1.807, 2.05) is 0 Å². The van der Waals surface area contributed by atoms with Crippen molar-refractivity contribution in [1.82, 2.24) is 0 Å². The van der Waals surface area contributed by atoms with E-state index in [9.17, 15) is 0 Å². The van der Waals surface area contributed by atoms with E-state index in [4.69, 9.17) is 13.6 Å². The standard InChI is InChI=1S/C42H52O3Si2/c1-40(2,3)46(35-23-12-8-13-24-35,36-25-14-9-15-26-36)43-33-21-20-31-39-42(7,45-39)32-22-34-44-47(41(4,5)6,37-27-16-10-17-28-37)38-29-18-11-19-30-38/h8-19,23-30,39H,20-21,31,33-34H2,1-7H3/t39-,42-/m0/s1. The minimum absolute atomic E-state index is 0.0139. The van der Waals surface area contributed by atoms with Crippen molar-refractivity contribution in [3.05, 3.63) is 121 Å². The summed E-state index contributed by atoms with van der Waals surface area (Å²) < 4.78 is 20.2. The zero-order valence-corrected chi connectivity index (χ0v) is 31.4. The highest BCUT2D eigenvalue weighted by Crippen LogP contribution is 2.40. The largest absolute Gasteiger partial charge is 0.407 e. The third-order valence-corrected chi connectivity index (χ3v) is 19.7. The first-order chi connectivity index (χ1) is 22.4. The summed E-state index contributed by atoms with van der Waals surface area (Å²) in [7, 11) is -5.11. The van der Waals surface area contributed by atoms with Crippen LogP contribution in [-0.2, 0) is 13.6 Å². The molecular weight excluding hydrogens is 609 g/mol. The molecule has 246 valence electrons. The Morgan fingerprint density at radius 1 is 0.596 bits per heavy atom. The van der Waals surface area contributed by atoms with Crippen molar-refractivity contribution in [2.24, 2.45) is 0 Å². The molecule has 0 bridgehead atoms. The lowest BCUT2D eigenvalue weighted by Gasteiger charge is -2.43. The third-order valence-electron chi connectivity index (χ3n) is 9.65. The molecule has 0 radical (unpaired) electrons. The van der Waals surface area contributed by atoms with E-state index in [-0.39, 0.29) is 16.2 Å². The van der Waals surface area contributed by atoms with E-state index >= 15 is 0 Å². The molecule has 5 heteroatoms. The molecule has 4 aromatic rings. The zero-order valence-electron chi connectivity index (χ0n) is 29.4. The van der Waals surface area contributed by atoms with Crippen LogP contribution in [0.1, 0.15) is 67.7 Å². The van der Waals surface area contributed by atoms with Crippen LogP contribution in [0.2, 0.25) is 10.1 Å². The minimum atomic E-state index is -2.60. The third kappa shape index (κ3) is 7.43. The highest BCUT2D eigenvalue weighted by Gasteiger charge is 2.52. The van der Waals surface area contributed by atoms with Crippen LogP contribution in [0, 0.1) is 11.8 Å². The lowest BCUT2D eigenvalue weighted by atomic mass is 10.0. The first kappa shape index (κ1) is 35.1. The van der Waals surface area contributed by atoms with Crippen LogP contribution in [0.4, 0.5) is 0 Å². The highest BCUT2D eigenvalue weighted by molar-refractivity contribution is 7.00. The van der Waals surface area contributed by atoms with Gasteiger partial charge in [0.15, 0.2) is 5.60 Å². The molecule has 4 aromatic carbocycles. The molecule has 1 aliphatic heterocycles. The van der Waals surface area contributed by atoms with Gasteiger partial charge >= 0.3 is 0 Å². The highest BCUT2D eigenvalue weighted by atomic mass is 28.4. The maximum Gasteiger partial charge on any atom is 0.262 e. The molecule has 0 aromatic heterocycles. The van der Waals surface area contributed by atoms with Gasteiger partial charge in [0.05, 0.1) is 12.7 Å². The van der Waals surface area contributed by atoms with Gasteiger partial charge in [0.1, 0.15) is 0 Å². The van der Waals surface area contributed by atoms with Gasteiger partial charge in [-0.1, -0.05) is 175 Å². The summed E-state index contributed by atoms with van der Waals surface area (Å²) in [4.78, 5) is 0. The Balaban J connectivity index is 1.21. The Labute approximate surface area is 286 Å². The zero-order chi connectivity index (χ0) is 33.6. The van der Waals surface area contributed by atoms with Crippen LogP contribution in [0.25, 0.3) is 0 Å². The maximum absolute atomic E-state index is 7.09. The molecule has 1 aliphatic rings. The normalized spacial score (nSPS) is 18.3. The molecule has 3 nitrogen and oxygen atoms in total. The molecule has 0 N–H and O–H groups in total. The Morgan fingerprint density at radius 2 is 0.979 bits per heavy atom. The predicted octanol–water partition coefficient (Wildman–Crippen LogP) is 7.47. The van der Waals surface area contributed by atoms with Gasteiger partial charge in [-0.25, -0.2) is 0 Å². The lowest BCUT2D eigenvalue weighted by Crippen LogP contribution is -2.66. The second-order valence-electron chi connectivity index (χ2n) is 15.0. The van der Waals surface area contributed by atoms with Gasteiger partial charge in [0, 0.05) is 6.61 Å². The molecule has 1 fully saturated rings. The molecule has 2 atom stereocenters. The molecule has 0 amide bonds. The second kappa shape index (κ2) is 14.5. The number of unbranched alkanes of at least 4 members (excludes halogenated alkanes) is 1. The summed E-state index contributed by atoms with van der Waals surface area (Å²) in [6.07, 6.45) is 3.16. The summed E-state index contributed by atoms with van der Waals surface area (Å²) >= 11 is 0. The van der Waals surface area contributed by atoms with Crippen molar-refractivity contribution in [2.75, 3.05) is 13.2 Å². The topological polar surface area (TPSA) is 31.0 Å². The van der Waals surface area contributed by atoms with Gasteiger partial charge < -0.3 is 13.6 Å². The van der Waals surface area contributed by atoms with E-state index in [0.717, 1.165) is 25.9 Å². The Bertz CT molecular complexity index is 1540.